The first-order valence-corrected chi connectivity index (χ1v) is 7.62. The van der Waals surface area contributed by atoms with Gasteiger partial charge in [-0.2, -0.15) is 0 Å². The summed E-state index contributed by atoms with van der Waals surface area (Å²) in [5.41, 5.74) is 0. The lowest BCUT2D eigenvalue weighted by molar-refractivity contribution is -0.108. The summed E-state index contributed by atoms with van der Waals surface area (Å²) in [6.07, 6.45) is 1.42. The Morgan fingerprint density at radius 3 is 2.61 bits per heavy atom. The Hall–Kier alpha value is -0.0600. The lowest BCUT2D eigenvalue weighted by Gasteiger charge is -2.28. The maximum atomic E-state index is 11.6. The van der Waals surface area contributed by atoms with Crippen molar-refractivity contribution in [2.45, 2.75) is 65.0 Å². The van der Waals surface area contributed by atoms with Gasteiger partial charge in [-0.15, -0.1) is 9.05 Å². The molecule has 1 fully saturated rings. The minimum Gasteiger partial charge on any atom is -0.376 e. The average molecular weight is 279 g/mol. The second-order valence-corrected chi connectivity index (χ2v) is 5.82. The van der Waals surface area contributed by atoms with Gasteiger partial charge in [-0.05, 0) is 40.5 Å². The minimum absolute atomic E-state index is 0.108. The molecule has 5 nitrogen and oxygen atoms in total. The number of rotatable bonds is 7. The molecule has 1 saturated heterocycles. The summed E-state index contributed by atoms with van der Waals surface area (Å²) < 4.78 is 33.3. The number of ether oxygens (including phenoxy) is 2. The van der Waals surface area contributed by atoms with Crippen molar-refractivity contribution in [1.82, 2.24) is 0 Å². The van der Waals surface area contributed by atoms with Gasteiger partial charge >= 0.3 is 8.25 Å². The van der Waals surface area contributed by atoms with E-state index < -0.39 is 8.25 Å². The summed E-state index contributed by atoms with van der Waals surface area (Å²) in [7, 11) is -2.08. The van der Waals surface area contributed by atoms with Crippen LogP contribution in [0.5, 0.6) is 0 Å². The van der Waals surface area contributed by atoms with Crippen LogP contribution in [0.3, 0.4) is 0 Å². The van der Waals surface area contributed by atoms with Crippen molar-refractivity contribution >= 4 is 8.25 Å². The Kier molecular flexibility index (Phi) is 7.27. The molecule has 1 aliphatic rings. The maximum absolute atomic E-state index is 11.6. The fourth-order valence-corrected chi connectivity index (χ4v) is 2.54. The molecule has 0 aromatic heterocycles. The van der Waals surface area contributed by atoms with Gasteiger partial charge in [0.05, 0.1) is 12.7 Å². The van der Waals surface area contributed by atoms with Crippen LogP contribution in [-0.4, -0.2) is 37.6 Å². The summed E-state index contributed by atoms with van der Waals surface area (Å²) in [6.45, 7) is 8.77. The first-order valence-electron chi connectivity index (χ1n) is 6.53. The summed E-state index contributed by atoms with van der Waals surface area (Å²) >= 11 is 0. The normalized spacial score (nSPS) is 25.8. The van der Waals surface area contributed by atoms with Crippen molar-refractivity contribution in [3.05, 3.63) is 0 Å². The Bertz CT molecular complexity index is 257. The van der Waals surface area contributed by atoms with Gasteiger partial charge in [-0.1, -0.05) is 0 Å². The molecule has 3 atom stereocenters. The molecule has 0 saturated carbocycles. The van der Waals surface area contributed by atoms with Gasteiger partial charge in [-0.3, -0.25) is 0 Å². The van der Waals surface area contributed by atoms with Crippen LogP contribution in [0, 0.1) is 0 Å². The topological polar surface area (TPSA) is 54.0 Å². The quantitative estimate of drug-likeness (QED) is 0.670. The van der Waals surface area contributed by atoms with E-state index in [9.17, 15) is 4.57 Å². The van der Waals surface area contributed by atoms with Gasteiger partial charge < -0.3 is 9.47 Å². The van der Waals surface area contributed by atoms with E-state index >= 15 is 0 Å². The molecule has 0 spiro atoms. The molecule has 1 aliphatic heterocycles. The molecule has 0 N–H and O–H groups in total. The third-order valence-corrected chi connectivity index (χ3v) is 3.53. The van der Waals surface area contributed by atoms with E-state index in [0.29, 0.717) is 13.2 Å². The third-order valence-electron chi connectivity index (χ3n) is 2.49. The SMILES string of the molecule is CC(C)OCC1OCCCC1O[P+](=O)OC(C)C. The molecule has 0 amide bonds. The predicted molar refractivity (Wildman–Crippen MR) is 68.8 cm³/mol. The van der Waals surface area contributed by atoms with Crippen LogP contribution in [0.4, 0.5) is 0 Å². The molecular formula is C12H24O5P+. The van der Waals surface area contributed by atoms with Gasteiger partial charge in [0.1, 0.15) is 18.3 Å². The highest BCUT2D eigenvalue weighted by Gasteiger charge is 2.36. The predicted octanol–water partition coefficient (Wildman–Crippen LogP) is 3.06. The van der Waals surface area contributed by atoms with Crippen molar-refractivity contribution in [2.24, 2.45) is 0 Å². The number of hydrogen-bond donors (Lipinski definition) is 0. The zero-order valence-electron chi connectivity index (χ0n) is 11.6. The highest BCUT2D eigenvalue weighted by Crippen LogP contribution is 2.32. The van der Waals surface area contributed by atoms with E-state index in [2.05, 4.69) is 0 Å². The molecule has 1 heterocycles. The molecule has 1 rings (SSSR count). The molecule has 0 aromatic carbocycles. The largest absolute Gasteiger partial charge is 0.698 e. The summed E-state index contributed by atoms with van der Waals surface area (Å²) in [5, 5.41) is 0. The molecule has 0 radical (unpaired) electrons. The molecule has 0 aliphatic carbocycles. The summed E-state index contributed by atoms with van der Waals surface area (Å²) in [5.74, 6) is 0. The van der Waals surface area contributed by atoms with Crippen molar-refractivity contribution < 1.29 is 23.1 Å². The van der Waals surface area contributed by atoms with Crippen molar-refractivity contribution in [3.8, 4) is 0 Å². The van der Waals surface area contributed by atoms with Crippen LogP contribution >= 0.6 is 8.25 Å². The van der Waals surface area contributed by atoms with Crippen LogP contribution in [0.25, 0.3) is 0 Å². The first-order chi connectivity index (χ1) is 8.49. The fraction of sp³-hybridized carbons (Fsp3) is 1.00. The van der Waals surface area contributed by atoms with Crippen LogP contribution in [-0.2, 0) is 23.1 Å². The van der Waals surface area contributed by atoms with Crippen LogP contribution in [0.15, 0.2) is 0 Å². The van der Waals surface area contributed by atoms with Gasteiger partial charge in [0, 0.05) is 11.2 Å². The zero-order chi connectivity index (χ0) is 13.5. The molecular weight excluding hydrogens is 255 g/mol. The zero-order valence-corrected chi connectivity index (χ0v) is 12.5. The molecule has 6 heteroatoms. The minimum atomic E-state index is -2.08. The fourth-order valence-electron chi connectivity index (χ4n) is 1.68. The monoisotopic (exact) mass is 279 g/mol. The highest BCUT2D eigenvalue weighted by atomic mass is 31.1. The Morgan fingerprint density at radius 2 is 2.00 bits per heavy atom. The Labute approximate surface area is 110 Å². The summed E-state index contributed by atoms with van der Waals surface area (Å²) in [4.78, 5) is 0. The van der Waals surface area contributed by atoms with Gasteiger partial charge in [0.2, 0.25) is 0 Å². The van der Waals surface area contributed by atoms with Crippen LogP contribution < -0.4 is 0 Å². The average Bonchev–Trinajstić information content (AvgIpc) is 2.26. The molecule has 0 aromatic rings. The van der Waals surface area contributed by atoms with Crippen molar-refractivity contribution in [3.63, 3.8) is 0 Å². The lowest BCUT2D eigenvalue weighted by atomic mass is 10.1. The van der Waals surface area contributed by atoms with Crippen molar-refractivity contribution in [2.75, 3.05) is 13.2 Å². The second kappa shape index (κ2) is 8.18. The molecule has 3 unspecified atom stereocenters. The molecule has 18 heavy (non-hydrogen) atoms. The highest BCUT2D eigenvalue weighted by molar-refractivity contribution is 7.33. The van der Waals surface area contributed by atoms with Gasteiger partial charge in [0.15, 0.2) is 0 Å². The maximum Gasteiger partial charge on any atom is 0.698 e. The smallest absolute Gasteiger partial charge is 0.376 e. The van der Waals surface area contributed by atoms with Crippen LogP contribution in [0.2, 0.25) is 0 Å². The first kappa shape index (κ1) is 16.0. The lowest BCUT2D eigenvalue weighted by Crippen LogP contribution is -2.39. The summed E-state index contributed by atoms with van der Waals surface area (Å²) in [6, 6.07) is 0. The molecule has 106 valence electrons. The third kappa shape index (κ3) is 6.21. The standard InChI is InChI=1S/C12H24O5P/c1-9(2)15-8-12-11(6-5-7-14-12)17-18(13)16-10(3)4/h9-12H,5-8H2,1-4H3/q+1. The van der Waals surface area contributed by atoms with Crippen molar-refractivity contribution in [1.29, 1.82) is 0 Å². The van der Waals surface area contributed by atoms with E-state index in [0.717, 1.165) is 12.8 Å². The van der Waals surface area contributed by atoms with E-state index in [-0.39, 0.29) is 24.4 Å². The Morgan fingerprint density at radius 1 is 1.28 bits per heavy atom. The second-order valence-electron chi connectivity index (χ2n) is 4.96. The van der Waals surface area contributed by atoms with E-state index in [1.807, 2.05) is 27.7 Å². The molecule has 0 bridgehead atoms. The number of hydrogen-bond acceptors (Lipinski definition) is 5. The van der Waals surface area contributed by atoms with E-state index in [1.165, 1.54) is 0 Å². The Balaban J connectivity index is 2.41. The van der Waals surface area contributed by atoms with Crippen LogP contribution in [0.1, 0.15) is 40.5 Å². The van der Waals surface area contributed by atoms with Gasteiger partial charge in [0.25, 0.3) is 0 Å². The van der Waals surface area contributed by atoms with E-state index in [4.69, 9.17) is 18.5 Å². The van der Waals surface area contributed by atoms with Gasteiger partial charge in [-0.25, -0.2) is 0 Å². The van der Waals surface area contributed by atoms with E-state index in [1.54, 1.807) is 0 Å².